The molecule has 2 aliphatic heterocycles. The molecular weight excluding hydrogens is 330 g/mol. The van der Waals surface area contributed by atoms with Crippen molar-refractivity contribution in [3.8, 4) is 0 Å². The van der Waals surface area contributed by atoms with E-state index in [9.17, 15) is 9.59 Å². The van der Waals surface area contributed by atoms with Gasteiger partial charge >= 0.3 is 0 Å². The summed E-state index contributed by atoms with van der Waals surface area (Å²) in [5.74, 6) is 1.10. The second kappa shape index (κ2) is 8.20. The van der Waals surface area contributed by atoms with Crippen molar-refractivity contribution >= 4 is 11.6 Å². The van der Waals surface area contributed by atoms with Crippen LogP contribution in [-0.4, -0.2) is 71.3 Å². The molecule has 1 aromatic heterocycles. The number of piperazine rings is 1. The summed E-state index contributed by atoms with van der Waals surface area (Å²) in [6.45, 7) is 10.9. The molecule has 0 atom stereocenters. The molecule has 2 saturated heterocycles. The quantitative estimate of drug-likeness (QED) is 0.794. The van der Waals surface area contributed by atoms with E-state index in [1.165, 1.54) is 4.68 Å². The number of rotatable bonds is 4. The Labute approximate surface area is 155 Å². The fraction of sp³-hybridized carbons (Fsp3) is 0.737. The molecule has 0 bridgehead atoms. The molecular formula is C19H31N5O2. The molecule has 0 radical (unpaired) electrons. The van der Waals surface area contributed by atoms with Crippen LogP contribution in [-0.2, 0) is 11.8 Å². The minimum Gasteiger partial charge on any atom is -0.370 e. The van der Waals surface area contributed by atoms with Gasteiger partial charge in [-0.3, -0.25) is 14.5 Å². The maximum Gasteiger partial charge on any atom is 0.268 e. The van der Waals surface area contributed by atoms with Gasteiger partial charge in [0.25, 0.3) is 5.56 Å². The van der Waals surface area contributed by atoms with Gasteiger partial charge in [0.1, 0.15) is 0 Å². The molecule has 3 rings (SSSR count). The number of nitrogens with zero attached hydrogens (tertiary/aromatic N) is 5. The van der Waals surface area contributed by atoms with Crippen LogP contribution in [0.5, 0.6) is 0 Å². The first-order valence-electron chi connectivity index (χ1n) is 9.73. The first-order valence-corrected chi connectivity index (χ1v) is 9.73. The molecule has 1 aromatic rings. The highest BCUT2D eigenvalue weighted by Crippen LogP contribution is 2.24. The van der Waals surface area contributed by atoms with Crippen molar-refractivity contribution in [2.75, 3.05) is 50.7 Å². The summed E-state index contributed by atoms with van der Waals surface area (Å²) < 4.78 is 1.33. The van der Waals surface area contributed by atoms with Crippen LogP contribution < -0.4 is 10.5 Å². The molecule has 2 fully saturated rings. The molecule has 144 valence electrons. The zero-order valence-corrected chi connectivity index (χ0v) is 16.2. The molecule has 1 amide bonds. The molecule has 2 aliphatic rings. The highest BCUT2D eigenvalue weighted by molar-refractivity contribution is 5.79. The van der Waals surface area contributed by atoms with E-state index in [1.807, 2.05) is 0 Å². The number of anilines is 1. The normalized spacial score (nSPS) is 20.0. The molecule has 7 nitrogen and oxygen atoms in total. The standard InChI is InChI=1S/C19H31N5O2/c1-15(2)14-22-8-10-24(11-9-22)19(26)16-4-6-23(7-5-16)17-12-18(25)21(3)20-13-17/h12-13,15-16H,4-11,14H2,1-3H3. The molecule has 3 heterocycles. The lowest BCUT2D eigenvalue weighted by molar-refractivity contribution is -0.138. The molecule has 0 spiro atoms. The number of carbonyl (C=O) groups excluding carboxylic acids is 1. The van der Waals surface area contributed by atoms with Crippen LogP contribution in [0.1, 0.15) is 26.7 Å². The predicted molar refractivity (Wildman–Crippen MR) is 102 cm³/mol. The second-order valence-corrected chi connectivity index (χ2v) is 7.96. The average molecular weight is 361 g/mol. The number of amides is 1. The largest absolute Gasteiger partial charge is 0.370 e. The first-order chi connectivity index (χ1) is 12.4. The lowest BCUT2D eigenvalue weighted by atomic mass is 9.94. The minimum atomic E-state index is -0.0973. The molecule has 0 aromatic carbocycles. The Morgan fingerprint density at radius 3 is 2.38 bits per heavy atom. The van der Waals surface area contributed by atoms with E-state index in [0.717, 1.165) is 64.3 Å². The third kappa shape index (κ3) is 4.44. The average Bonchev–Trinajstić information content (AvgIpc) is 2.64. The van der Waals surface area contributed by atoms with E-state index in [2.05, 4.69) is 33.6 Å². The Hall–Kier alpha value is -1.89. The molecule has 7 heteroatoms. The molecule has 0 aliphatic carbocycles. The van der Waals surface area contributed by atoms with Gasteiger partial charge in [-0.05, 0) is 18.8 Å². The monoisotopic (exact) mass is 361 g/mol. The third-order valence-corrected chi connectivity index (χ3v) is 5.47. The summed E-state index contributed by atoms with van der Waals surface area (Å²) in [6, 6.07) is 1.63. The van der Waals surface area contributed by atoms with Crippen LogP contribution in [0.3, 0.4) is 0 Å². The molecule has 0 saturated carbocycles. The molecule has 26 heavy (non-hydrogen) atoms. The van der Waals surface area contributed by atoms with E-state index in [4.69, 9.17) is 0 Å². The Balaban J connectivity index is 1.49. The van der Waals surface area contributed by atoms with Crippen molar-refractivity contribution in [3.05, 3.63) is 22.6 Å². The number of hydrogen-bond acceptors (Lipinski definition) is 5. The van der Waals surface area contributed by atoms with E-state index in [0.29, 0.717) is 11.8 Å². The van der Waals surface area contributed by atoms with Crippen molar-refractivity contribution in [1.82, 2.24) is 19.6 Å². The predicted octanol–water partition coefficient (Wildman–Crippen LogP) is 0.797. The summed E-state index contributed by atoms with van der Waals surface area (Å²) in [6.07, 6.45) is 3.43. The number of piperidine rings is 1. The highest BCUT2D eigenvalue weighted by atomic mass is 16.2. The number of aryl methyl sites for hydroxylation is 1. The summed E-state index contributed by atoms with van der Waals surface area (Å²) >= 11 is 0. The van der Waals surface area contributed by atoms with Gasteiger partial charge in [-0.1, -0.05) is 13.8 Å². The Morgan fingerprint density at radius 1 is 1.15 bits per heavy atom. The fourth-order valence-corrected chi connectivity index (χ4v) is 3.94. The minimum absolute atomic E-state index is 0.0973. The van der Waals surface area contributed by atoms with Gasteiger partial charge in [0.2, 0.25) is 5.91 Å². The van der Waals surface area contributed by atoms with Crippen LogP contribution in [0, 0.1) is 11.8 Å². The van der Waals surface area contributed by atoms with Gasteiger partial charge in [0.05, 0.1) is 11.9 Å². The van der Waals surface area contributed by atoms with Gasteiger partial charge in [-0.2, -0.15) is 5.10 Å². The summed E-state index contributed by atoms with van der Waals surface area (Å²) in [5, 5.41) is 4.09. The zero-order valence-electron chi connectivity index (χ0n) is 16.2. The SMILES string of the molecule is CC(C)CN1CCN(C(=O)C2CCN(c3cnn(C)c(=O)c3)CC2)CC1. The summed E-state index contributed by atoms with van der Waals surface area (Å²) in [4.78, 5) is 31.3. The van der Waals surface area contributed by atoms with Gasteiger partial charge in [-0.15, -0.1) is 0 Å². The zero-order chi connectivity index (χ0) is 18.7. The van der Waals surface area contributed by atoms with Gasteiger partial charge in [0.15, 0.2) is 0 Å². The molecule has 0 unspecified atom stereocenters. The van der Waals surface area contributed by atoms with Crippen LogP contribution in [0.4, 0.5) is 5.69 Å². The fourth-order valence-electron chi connectivity index (χ4n) is 3.94. The van der Waals surface area contributed by atoms with Crippen molar-refractivity contribution in [1.29, 1.82) is 0 Å². The smallest absolute Gasteiger partial charge is 0.268 e. The molecule has 0 N–H and O–H groups in total. The first kappa shape index (κ1) is 18.9. The summed E-state index contributed by atoms with van der Waals surface area (Å²) in [5.41, 5.74) is 0.765. The number of hydrogen-bond donors (Lipinski definition) is 0. The van der Waals surface area contributed by atoms with Crippen molar-refractivity contribution < 1.29 is 4.79 Å². The van der Waals surface area contributed by atoms with Crippen molar-refractivity contribution in [3.63, 3.8) is 0 Å². The maximum atomic E-state index is 12.8. The highest BCUT2D eigenvalue weighted by Gasteiger charge is 2.30. The van der Waals surface area contributed by atoms with Crippen molar-refractivity contribution in [2.24, 2.45) is 18.9 Å². The summed E-state index contributed by atoms with van der Waals surface area (Å²) in [7, 11) is 1.65. The third-order valence-electron chi connectivity index (χ3n) is 5.47. The van der Waals surface area contributed by atoms with E-state index in [-0.39, 0.29) is 11.5 Å². The van der Waals surface area contributed by atoms with Crippen molar-refractivity contribution in [2.45, 2.75) is 26.7 Å². The maximum absolute atomic E-state index is 12.8. The lowest BCUT2D eigenvalue weighted by Crippen LogP contribution is -2.52. The number of carbonyl (C=O) groups is 1. The van der Waals surface area contributed by atoms with Gasteiger partial charge in [0, 0.05) is 64.8 Å². The van der Waals surface area contributed by atoms with Crippen LogP contribution >= 0.6 is 0 Å². The second-order valence-electron chi connectivity index (χ2n) is 7.96. The Bertz CT molecular complexity index is 671. The lowest BCUT2D eigenvalue weighted by Gasteiger charge is -2.39. The van der Waals surface area contributed by atoms with E-state index in [1.54, 1.807) is 19.3 Å². The topological polar surface area (TPSA) is 61.7 Å². The van der Waals surface area contributed by atoms with Crippen LogP contribution in [0.15, 0.2) is 17.1 Å². The van der Waals surface area contributed by atoms with E-state index < -0.39 is 0 Å². The van der Waals surface area contributed by atoms with E-state index >= 15 is 0 Å². The van der Waals surface area contributed by atoms with Crippen LogP contribution in [0.2, 0.25) is 0 Å². The van der Waals surface area contributed by atoms with Gasteiger partial charge < -0.3 is 9.80 Å². The Morgan fingerprint density at radius 2 is 1.81 bits per heavy atom. The number of aromatic nitrogens is 2. The van der Waals surface area contributed by atoms with Gasteiger partial charge in [-0.25, -0.2) is 4.68 Å². The van der Waals surface area contributed by atoms with Crippen LogP contribution in [0.25, 0.3) is 0 Å². The Kier molecular flexibility index (Phi) is 5.96.